The van der Waals surface area contributed by atoms with Gasteiger partial charge in [-0.15, -0.1) is 11.3 Å². The molecule has 3 heterocycles. The third-order valence-electron chi connectivity index (χ3n) is 4.22. The van der Waals surface area contributed by atoms with E-state index in [2.05, 4.69) is 16.9 Å². The molecule has 2 amide bonds. The van der Waals surface area contributed by atoms with Gasteiger partial charge < -0.3 is 0 Å². The summed E-state index contributed by atoms with van der Waals surface area (Å²) in [6.07, 6.45) is 3.51. The molecule has 5 nitrogen and oxygen atoms in total. The lowest BCUT2D eigenvalue weighted by Gasteiger charge is -2.22. The van der Waals surface area contributed by atoms with Gasteiger partial charge in [-0.25, -0.2) is 9.78 Å². The molecule has 0 saturated carbocycles. The van der Waals surface area contributed by atoms with E-state index in [1.165, 1.54) is 0 Å². The van der Waals surface area contributed by atoms with Gasteiger partial charge in [0.05, 0.1) is 33.7 Å². The van der Waals surface area contributed by atoms with Crippen molar-refractivity contribution in [2.24, 2.45) is 0 Å². The van der Waals surface area contributed by atoms with Crippen LogP contribution in [0.25, 0.3) is 10.2 Å². The van der Waals surface area contributed by atoms with Gasteiger partial charge in [0.25, 0.3) is 0 Å². The fourth-order valence-corrected chi connectivity index (χ4v) is 3.73. The predicted molar refractivity (Wildman–Crippen MR) is 93.3 cm³/mol. The molecule has 1 fully saturated rings. The van der Waals surface area contributed by atoms with Crippen LogP contribution in [-0.2, 0) is 0 Å². The Kier molecular flexibility index (Phi) is 3.27. The van der Waals surface area contributed by atoms with E-state index in [1.54, 1.807) is 23.7 Å². The Morgan fingerprint density at radius 3 is 3.00 bits per heavy atom. The smallest absolute Gasteiger partial charge is 0.292 e. The highest BCUT2D eigenvalue weighted by atomic mass is 32.1. The van der Waals surface area contributed by atoms with Gasteiger partial charge in [0.2, 0.25) is 0 Å². The molecule has 3 aromatic rings. The van der Waals surface area contributed by atoms with Crippen molar-refractivity contribution < 1.29 is 4.79 Å². The number of aryl methyl sites for hydroxylation is 1. The SMILES string of the molecule is Cc1ccncc1N1C(=O)N(c2ccc3ncsc3c2)CC1C. The van der Waals surface area contributed by atoms with E-state index in [1.807, 2.05) is 46.5 Å². The molecule has 0 radical (unpaired) electrons. The normalized spacial score (nSPS) is 18.2. The summed E-state index contributed by atoms with van der Waals surface area (Å²) in [4.78, 5) is 25.1. The number of hydrogen-bond donors (Lipinski definition) is 0. The first-order chi connectivity index (χ1) is 11.1. The number of carbonyl (C=O) groups is 1. The maximum absolute atomic E-state index is 13.0. The van der Waals surface area contributed by atoms with Crippen LogP contribution in [0, 0.1) is 6.92 Å². The summed E-state index contributed by atoms with van der Waals surface area (Å²) in [5.74, 6) is 0. The molecule has 1 aliphatic rings. The minimum atomic E-state index is -0.00235. The van der Waals surface area contributed by atoms with Crippen LogP contribution in [0.5, 0.6) is 0 Å². The minimum Gasteiger partial charge on any atom is -0.292 e. The number of anilines is 2. The fraction of sp³-hybridized carbons (Fsp3) is 0.235. The molecule has 2 aromatic heterocycles. The Bertz CT molecular complexity index is 891. The third kappa shape index (κ3) is 2.26. The van der Waals surface area contributed by atoms with Crippen LogP contribution in [0.15, 0.2) is 42.2 Å². The number of nitrogens with zero attached hydrogens (tertiary/aromatic N) is 4. The number of rotatable bonds is 2. The lowest BCUT2D eigenvalue weighted by molar-refractivity contribution is 0.255. The molecule has 1 aromatic carbocycles. The van der Waals surface area contributed by atoms with Crippen molar-refractivity contribution >= 4 is 39.0 Å². The molecule has 0 N–H and O–H groups in total. The van der Waals surface area contributed by atoms with Crippen LogP contribution < -0.4 is 9.80 Å². The Labute approximate surface area is 138 Å². The maximum atomic E-state index is 13.0. The Hall–Kier alpha value is -2.47. The summed E-state index contributed by atoms with van der Waals surface area (Å²) in [5.41, 5.74) is 5.65. The first-order valence-corrected chi connectivity index (χ1v) is 8.37. The largest absolute Gasteiger partial charge is 0.329 e. The monoisotopic (exact) mass is 324 g/mol. The quantitative estimate of drug-likeness (QED) is 0.720. The average Bonchev–Trinajstić information content (AvgIpc) is 3.12. The van der Waals surface area contributed by atoms with Gasteiger partial charge in [0.1, 0.15) is 0 Å². The Morgan fingerprint density at radius 2 is 2.17 bits per heavy atom. The number of amides is 2. The van der Waals surface area contributed by atoms with Gasteiger partial charge in [-0.2, -0.15) is 0 Å². The Morgan fingerprint density at radius 1 is 1.30 bits per heavy atom. The molecule has 1 saturated heterocycles. The molecule has 0 spiro atoms. The van der Waals surface area contributed by atoms with Crippen LogP contribution >= 0.6 is 11.3 Å². The van der Waals surface area contributed by atoms with Gasteiger partial charge in [-0.3, -0.25) is 14.8 Å². The minimum absolute atomic E-state index is 0.00235. The summed E-state index contributed by atoms with van der Waals surface area (Å²) >= 11 is 1.59. The van der Waals surface area contributed by atoms with E-state index in [9.17, 15) is 4.79 Å². The van der Waals surface area contributed by atoms with Gasteiger partial charge >= 0.3 is 6.03 Å². The molecule has 0 aliphatic carbocycles. The van der Waals surface area contributed by atoms with E-state index in [-0.39, 0.29) is 12.1 Å². The zero-order valence-electron chi connectivity index (χ0n) is 12.9. The van der Waals surface area contributed by atoms with Crippen LogP contribution in [-0.4, -0.2) is 28.6 Å². The van der Waals surface area contributed by atoms with Crippen LogP contribution in [0.1, 0.15) is 12.5 Å². The maximum Gasteiger partial charge on any atom is 0.329 e. The molecule has 1 atom stereocenters. The van der Waals surface area contributed by atoms with Crippen LogP contribution in [0.2, 0.25) is 0 Å². The molecule has 1 unspecified atom stereocenters. The second-order valence-corrected chi connectivity index (χ2v) is 6.67. The summed E-state index contributed by atoms with van der Waals surface area (Å²) in [5, 5.41) is 0. The van der Waals surface area contributed by atoms with Crippen molar-refractivity contribution in [1.82, 2.24) is 9.97 Å². The van der Waals surface area contributed by atoms with Crippen LogP contribution in [0.4, 0.5) is 16.2 Å². The number of benzene rings is 1. The van der Waals surface area contributed by atoms with Crippen molar-refractivity contribution in [1.29, 1.82) is 0 Å². The summed E-state index contributed by atoms with van der Waals surface area (Å²) in [6, 6.07) is 8.00. The highest BCUT2D eigenvalue weighted by molar-refractivity contribution is 7.16. The second kappa shape index (κ2) is 5.31. The summed E-state index contributed by atoms with van der Waals surface area (Å²) in [6.45, 7) is 4.73. The van der Waals surface area contributed by atoms with Crippen LogP contribution in [0.3, 0.4) is 0 Å². The van der Waals surface area contributed by atoms with Crippen molar-refractivity contribution in [2.45, 2.75) is 19.9 Å². The third-order valence-corrected chi connectivity index (χ3v) is 5.01. The standard InChI is InChI=1S/C17H16N4OS/c1-11-5-6-18-8-15(11)21-12(2)9-20(17(21)22)13-3-4-14-16(7-13)23-10-19-14/h3-8,10,12H,9H2,1-2H3. The molecule has 6 heteroatoms. The van der Waals surface area contributed by atoms with E-state index >= 15 is 0 Å². The van der Waals surface area contributed by atoms with Crippen molar-refractivity contribution in [3.63, 3.8) is 0 Å². The van der Waals surface area contributed by atoms with Gasteiger partial charge in [-0.05, 0) is 43.7 Å². The fourth-order valence-electron chi connectivity index (χ4n) is 3.02. The topological polar surface area (TPSA) is 49.3 Å². The molecular formula is C17H16N4OS. The first-order valence-electron chi connectivity index (χ1n) is 7.50. The molecular weight excluding hydrogens is 308 g/mol. The first kappa shape index (κ1) is 14.1. The highest BCUT2D eigenvalue weighted by Crippen LogP contribution is 2.32. The van der Waals surface area contributed by atoms with E-state index in [4.69, 9.17) is 0 Å². The number of hydrogen-bond acceptors (Lipinski definition) is 4. The number of thiazole rings is 1. The number of aromatic nitrogens is 2. The van der Waals surface area contributed by atoms with E-state index < -0.39 is 0 Å². The molecule has 23 heavy (non-hydrogen) atoms. The molecule has 4 rings (SSSR count). The second-order valence-electron chi connectivity index (χ2n) is 5.78. The van der Waals surface area contributed by atoms with Gasteiger partial charge in [-0.1, -0.05) is 0 Å². The van der Waals surface area contributed by atoms with Gasteiger partial charge in [0.15, 0.2) is 0 Å². The zero-order valence-corrected chi connectivity index (χ0v) is 13.7. The summed E-state index contributed by atoms with van der Waals surface area (Å²) < 4.78 is 1.10. The molecule has 0 bridgehead atoms. The molecule has 1 aliphatic heterocycles. The van der Waals surface area contributed by atoms with Crippen molar-refractivity contribution in [2.75, 3.05) is 16.3 Å². The summed E-state index contributed by atoms with van der Waals surface area (Å²) in [7, 11) is 0. The lowest BCUT2D eigenvalue weighted by atomic mass is 10.2. The van der Waals surface area contributed by atoms with Gasteiger partial charge in [0, 0.05) is 18.4 Å². The highest BCUT2D eigenvalue weighted by Gasteiger charge is 2.37. The van der Waals surface area contributed by atoms with E-state index in [0.29, 0.717) is 6.54 Å². The lowest BCUT2D eigenvalue weighted by Crippen LogP contribution is -2.34. The van der Waals surface area contributed by atoms with Crippen molar-refractivity contribution in [3.05, 3.63) is 47.7 Å². The zero-order chi connectivity index (χ0) is 16.0. The number of urea groups is 1. The Balaban J connectivity index is 1.72. The van der Waals surface area contributed by atoms with Crippen molar-refractivity contribution in [3.8, 4) is 0 Å². The van der Waals surface area contributed by atoms with E-state index in [0.717, 1.165) is 27.2 Å². The average molecular weight is 324 g/mol. The number of fused-ring (bicyclic) bond motifs is 1. The predicted octanol–water partition coefficient (Wildman–Crippen LogP) is 3.83. The number of carbonyl (C=O) groups excluding carboxylic acids is 1. The molecule has 116 valence electrons. The number of pyridine rings is 1.